The van der Waals surface area contributed by atoms with Gasteiger partial charge in [-0.25, -0.2) is 0 Å². The Bertz CT molecular complexity index is 1180. The maximum Gasteiger partial charge on any atom is 0.244 e. The molecule has 0 fully saturated rings. The van der Waals surface area contributed by atoms with Gasteiger partial charge in [0, 0.05) is 35.9 Å². The molecule has 0 spiro atoms. The average Bonchev–Trinajstić information content (AvgIpc) is 2.87. The van der Waals surface area contributed by atoms with E-state index in [9.17, 15) is 9.90 Å². The Balaban J connectivity index is 1.32. The average molecular weight is 462 g/mol. The normalized spacial score (nSPS) is 13.0. The second kappa shape index (κ2) is 10.9. The van der Waals surface area contributed by atoms with Crippen LogP contribution in [0, 0.1) is 0 Å². The van der Waals surface area contributed by atoms with Gasteiger partial charge in [-0.3, -0.25) is 9.78 Å². The van der Waals surface area contributed by atoms with Crippen LogP contribution in [0.3, 0.4) is 0 Å². The van der Waals surface area contributed by atoms with Gasteiger partial charge >= 0.3 is 0 Å². The summed E-state index contributed by atoms with van der Waals surface area (Å²) in [6.45, 7) is 1.32. The van der Waals surface area contributed by atoms with Crippen LogP contribution >= 0.6 is 0 Å². The van der Waals surface area contributed by atoms with Gasteiger partial charge in [-0.1, -0.05) is 18.2 Å². The van der Waals surface area contributed by atoms with Crippen molar-refractivity contribution in [3.05, 3.63) is 59.3 Å². The van der Waals surface area contributed by atoms with Crippen molar-refractivity contribution >= 4 is 28.6 Å². The van der Waals surface area contributed by atoms with Crippen LogP contribution in [-0.2, 0) is 17.6 Å². The van der Waals surface area contributed by atoms with Crippen molar-refractivity contribution in [1.29, 1.82) is 0 Å². The number of nitrogens with one attached hydrogen (secondary N) is 2. The molecule has 1 aromatic heterocycles. The van der Waals surface area contributed by atoms with Crippen molar-refractivity contribution in [2.45, 2.75) is 32.1 Å². The Kier molecular flexibility index (Phi) is 7.52. The van der Waals surface area contributed by atoms with Crippen molar-refractivity contribution in [2.24, 2.45) is 0 Å². The molecule has 7 nitrogen and oxygen atoms in total. The smallest absolute Gasteiger partial charge is 0.244 e. The third-order valence-corrected chi connectivity index (χ3v) is 6.05. The molecule has 0 bridgehead atoms. The fraction of sp³-hybridized carbons (Fsp3) is 0.333. The molecule has 1 heterocycles. The third kappa shape index (κ3) is 5.25. The van der Waals surface area contributed by atoms with Crippen LogP contribution in [0.15, 0.2) is 42.5 Å². The molecule has 3 aromatic rings. The topological polar surface area (TPSA) is 92.7 Å². The van der Waals surface area contributed by atoms with E-state index in [4.69, 9.17) is 14.5 Å². The first kappa shape index (κ1) is 23.4. The second-order valence-corrected chi connectivity index (χ2v) is 8.32. The molecule has 1 amide bonds. The summed E-state index contributed by atoms with van der Waals surface area (Å²) >= 11 is 0. The summed E-state index contributed by atoms with van der Waals surface area (Å²) in [6, 6.07) is 11.6. The van der Waals surface area contributed by atoms with Crippen LogP contribution in [0.5, 0.6) is 17.2 Å². The highest BCUT2D eigenvalue weighted by Gasteiger charge is 2.17. The number of aromatic hydroxyl groups is 1. The van der Waals surface area contributed by atoms with Crippen molar-refractivity contribution in [2.75, 3.05) is 32.6 Å². The molecule has 0 saturated heterocycles. The van der Waals surface area contributed by atoms with Crippen molar-refractivity contribution < 1.29 is 19.4 Å². The van der Waals surface area contributed by atoms with Crippen LogP contribution in [0.25, 0.3) is 17.0 Å². The van der Waals surface area contributed by atoms with Gasteiger partial charge in [0.1, 0.15) is 0 Å². The van der Waals surface area contributed by atoms with E-state index in [0.29, 0.717) is 12.1 Å². The van der Waals surface area contributed by atoms with E-state index in [0.717, 1.165) is 36.7 Å². The summed E-state index contributed by atoms with van der Waals surface area (Å²) < 4.78 is 10.3. The zero-order valence-electron chi connectivity index (χ0n) is 19.7. The highest BCUT2D eigenvalue weighted by Crippen LogP contribution is 2.37. The molecule has 34 heavy (non-hydrogen) atoms. The molecule has 4 rings (SSSR count). The van der Waals surface area contributed by atoms with Gasteiger partial charge in [0.05, 0.1) is 19.7 Å². The Morgan fingerprint density at radius 1 is 1.09 bits per heavy atom. The van der Waals surface area contributed by atoms with Crippen LogP contribution in [0.1, 0.15) is 36.1 Å². The summed E-state index contributed by atoms with van der Waals surface area (Å²) in [5.41, 5.74) is 5.48. The molecule has 0 radical (unpaired) electrons. The number of amides is 1. The fourth-order valence-corrected chi connectivity index (χ4v) is 4.33. The van der Waals surface area contributed by atoms with Crippen LogP contribution in [0.4, 0.5) is 5.69 Å². The summed E-state index contributed by atoms with van der Waals surface area (Å²) in [7, 11) is 2.93. The number of fused-ring (bicyclic) bond motifs is 2. The number of ether oxygens (including phenoxy) is 2. The number of rotatable bonds is 9. The standard InChI is InChI=1S/C27H31N3O4/c1-33-23-16-18(17-24(34-2)27(23)32)12-13-25(31)28-14-7-15-29-26-19-8-3-5-10-21(19)30-22-11-6-4-9-20(22)26/h3,5,8,10,12-13,16-17,32H,4,6-7,9,11,14-15H2,1-2H3,(H,28,31)(H,29,30)/b13-12+. The monoisotopic (exact) mass is 461 g/mol. The van der Waals surface area contributed by atoms with Gasteiger partial charge in [0.2, 0.25) is 11.7 Å². The molecule has 1 aliphatic rings. The number of para-hydroxylation sites is 1. The number of aryl methyl sites for hydroxylation is 1. The number of phenolic OH excluding ortho intramolecular Hbond substituents is 1. The molecule has 1 aliphatic carbocycles. The van der Waals surface area contributed by atoms with Crippen molar-refractivity contribution in [3.8, 4) is 17.2 Å². The number of phenols is 1. The van der Waals surface area contributed by atoms with E-state index >= 15 is 0 Å². The van der Waals surface area contributed by atoms with Gasteiger partial charge in [-0.15, -0.1) is 0 Å². The van der Waals surface area contributed by atoms with Crippen molar-refractivity contribution in [3.63, 3.8) is 0 Å². The molecular formula is C27H31N3O4. The first-order chi connectivity index (χ1) is 16.6. The zero-order chi connectivity index (χ0) is 23.9. The van der Waals surface area contributed by atoms with Gasteiger partial charge in [-0.2, -0.15) is 0 Å². The van der Waals surface area contributed by atoms with E-state index in [2.05, 4.69) is 28.8 Å². The largest absolute Gasteiger partial charge is 0.502 e. The minimum absolute atomic E-state index is 0.0673. The Morgan fingerprint density at radius 2 is 1.82 bits per heavy atom. The lowest BCUT2D eigenvalue weighted by Gasteiger charge is -2.21. The summed E-state index contributed by atoms with van der Waals surface area (Å²) in [5.74, 6) is 0.327. The van der Waals surface area contributed by atoms with E-state index in [1.807, 2.05) is 6.07 Å². The lowest BCUT2D eigenvalue weighted by Crippen LogP contribution is -2.24. The number of methoxy groups -OCH3 is 2. The Morgan fingerprint density at radius 3 is 2.59 bits per heavy atom. The highest BCUT2D eigenvalue weighted by atomic mass is 16.5. The zero-order valence-corrected chi connectivity index (χ0v) is 19.7. The third-order valence-electron chi connectivity index (χ3n) is 6.05. The predicted molar refractivity (Wildman–Crippen MR) is 135 cm³/mol. The van der Waals surface area contributed by atoms with Gasteiger partial charge in [-0.05, 0) is 67.5 Å². The molecule has 0 aliphatic heterocycles. The molecule has 0 saturated carbocycles. The molecule has 7 heteroatoms. The first-order valence-corrected chi connectivity index (χ1v) is 11.7. The van der Waals surface area contributed by atoms with E-state index in [-0.39, 0.29) is 23.2 Å². The van der Waals surface area contributed by atoms with E-state index in [1.165, 1.54) is 50.1 Å². The number of hydrogen-bond acceptors (Lipinski definition) is 6. The number of carbonyl (C=O) groups excluding carboxylic acids is 1. The van der Waals surface area contributed by atoms with Crippen LogP contribution in [-0.4, -0.2) is 43.3 Å². The predicted octanol–water partition coefficient (Wildman–Crippen LogP) is 4.47. The maximum absolute atomic E-state index is 12.3. The molecule has 0 unspecified atom stereocenters. The molecule has 178 valence electrons. The summed E-state index contributed by atoms with van der Waals surface area (Å²) in [5, 5.41) is 17.7. The number of pyridine rings is 1. The fourth-order valence-electron chi connectivity index (χ4n) is 4.33. The number of benzene rings is 2. The summed E-state index contributed by atoms with van der Waals surface area (Å²) in [4.78, 5) is 17.1. The number of carbonyl (C=O) groups is 1. The maximum atomic E-state index is 12.3. The molecule has 0 atom stereocenters. The molecule has 3 N–H and O–H groups in total. The number of anilines is 1. The number of hydrogen-bond donors (Lipinski definition) is 3. The van der Waals surface area contributed by atoms with Gasteiger partial charge < -0.3 is 25.2 Å². The lowest BCUT2D eigenvalue weighted by molar-refractivity contribution is -0.116. The van der Waals surface area contributed by atoms with Crippen LogP contribution < -0.4 is 20.1 Å². The highest BCUT2D eigenvalue weighted by molar-refractivity contribution is 5.94. The van der Waals surface area contributed by atoms with E-state index < -0.39 is 0 Å². The SMILES string of the molecule is COc1cc(/C=C/C(=O)NCCCNc2c3c(nc4ccccc24)CCCC3)cc(OC)c1O. The first-order valence-electron chi connectivity index (χ1n) is 11.7. The quantitative estimate of drug-likeness (QED) is 0.322. The van der Waals surface area contributed by atoms with Gasteiger partial charge in [0.15, 0.2) is 11.5 Å². The summed E-state index contributed by atoms with van der Waals surface area (Å²) in [6.07, 6.45) is 8.41. The van der Waals surface area contributed by atoms with Gasteiger partial charge in [0.25, 0.3) is 0 Å². The Labute approximate surface area is 199 Å². The molecular weight excluding hydrogens is 430 g/mol. The minimum Gasteiger partial charge on any atom is -0.502 e. The van der Waals surface area contributed by atoms with E-state index in [1.54, 1.807) is 18.2 Å². The second-order valence-electron chi connectivity index (χ2n) is 8.32. The van der Waals surface area contributed by atoms with Crippen LogP contribution in [0.2, 0.25) is 0 Å². The van der Waals surface area contributed by atoms with Crippen molar-refractivity contribution in [1.82, 2.24) is 10.3 Å². The minimum atomic E-state index is -0.183. The lowest BCUT2D eigenvalue weighted by atomic mass is 9.92. The Hall–Kier alpha value is -3.74. The number of nitrogens with zero attached hydrogens (tertiary/aromatic N) is 1. The molecule has 2 aromatic carbocycles. The number of aromatic nitrogens is 1.